The summed E-state index contributed by atoms with van der Waals surface area (Å²) in [4.78, 5) is 25.8. The Morgan fingerprint density at radius 2 is 1.26 bits per heavy atom. The van der Waals surface area contributed by atoms with Crippen LogP contribution in [0.1, 0.15) is 0 Å². The van der Waals surface area contributed by atoms with E-state index >= 15 is 0 Å². The first kappa shape index (κ1) is 19.9. The van der Waals surface area contributed by atoms with Crippen molar-refractivity contribution in [3.8, 4) is 33.6 Å². The number of rotatable bonds is 3. The van der Waals surface area contributed by atoms with Gasteiger partial charge in [-0.25, -0.2) is 0 Å². The lowest BCUT2D eigenvalue weighted by atomic mass is 9.99. The van der Waals surface area contributed by atoms with E-state index in [4.69, 9.17) is 8.83 Å². The van der Waals surface area contributed by atoms with Gasteiger partial charge in [-0.3, -0.25) is 9.59 Å². The van der Waals surface area contributed by atoms with Crippen LogP contribution in [-0.2, 0) is 0 Å². The molecule has 0 aliphatic rings. The Morgan fingerprint density at radius 1 is 0.529 bits per heavy atom. The molecule has 0 aliphatic heterocycles. The molecular formula is C30H18O4. The van der Waals surface area contributed by atoms with Gasteiger partial charge in [0.1, 0.15) is 23.2 Å². The summed E-state index contributed by atoms with van der Waals surface area (Å²) in [6.45, 7) is 0. The van der Waals surface area contributed by atoms with E-state index in [1.807, 2.05) is 84.9 Å². The molecule has 0 atom stereocenters. The van der Waals surface area contributed by atoms with E-state index in [1.165, 1.54) is 12.3 Å². The fourth-order valence-corrected chi connectivity index (χ4v) is 4.23. The Labute approximate surface area is 194 Å². The average molecular weight is 442 g/mol. The van der Waals surface area contributed by atoms with Gasteiger partial charge in [0.15, 0.2) is 5.43 Å². The van der Waals surface area contributed by atoms with Crippen molar-refractivity contribution in [2.24, 2.45) is 0 Å². The third-order valence-electron chi connectivity index (χ3n) is 5.97. The molecule has 0 amide bonds. The van der Waals surface area contributed by atoms with Crippen molar-refractivity contribution in [2.75, 3.05) is 0 Å². The maximum atomic E-state index is 13.3. The molecule has 162 valence electrons. The molecule has 2 aromatic heterocycles. The molecule has 4 nitrogen and oxygen atoms in total. The number of fused-ring (bicyclic) bond motifs is 2. The van der Waals surface area contributed by atoms with Crippen LogP contribution in [0.5, 0.6) is 0 Å². The van der Waals surface area contributed by atoms with Gasteiger partial charge in [0.05, 0.1) is 16.3 Å². The second-order valence-electron chi connectivity index (χ2n) is 8.11. The van der Waals surface area contributed by atoms with Crippen LogP contribution in [0, 0.1) is 0 Å². The first-order valence-electron chi connectivity index (χ1n) is 10.9. The molecule has 0 saturated carbocycles. The molecule has 34 heavy (non-hydrogen) atoms. The second kappa shape index (κ2) is 8.01. The van der Waals surface area contributed by atoms with Crippen LogP contribution in [0.3, 0.4) is 0 Å². The zero-order chi connectivity index (χ0) is 23.1. The van der Waals surface area contributed by atoms with Crippen molar-refractivity contribution in [1.29, 1.82) is 0 Å². The van der Waals surface area contributed by atoms with Crippen molar-refractivity contribution < 1.29 is 8.83 Å². The van der Waals surface area contributed by atoms with E-state index < -0.39 is 0 Å². The van der Waals surface area contributed by atoms with Gasteiger partial charge in [-0.2, -0.15) is 0 Å². The molecule has 0 radical (unpaired) electrons. The van der Waals surface area contributed by atoms with Gasteiger partial charge in [-0.1, -0.05) is 66.7 Å². The van der Waals surface area contributed by atoms with Gasteiger partial charge < -0.3 is 8.83 Å². The molecular weight excluding hydrogens is 424 g/mol. The van der Waals surface area contributed by atoms with Gasteiger partial charge in [0, 0.05) is 11.6 Å². The summed E-state index contributed by atoms with van der Waals surface area (Å²) < 4.78 is 11.8. The normalized spacial score (nSPS) is 11.2. The highest BCUT2D eigenvalue weighted by Crippen LogP contribution is 2.29. The van der Waals surface area contributed by atoms with Crippen LogP contribution >= 0.6 is 0 Å². The maximum absolute atomic E-state index is 13.3. The van der Waals surface area contributed by atoms with Crippen molar-refractivity contribution in [3.05, 3.63) is 130 Å². The Morgan fingerprint density at radius 3 is 2.15 bits per heavy atom. The zero-order valence-corrected chi connectivity index (χ0v) is 18.0. The highest BCUT2D eigenvalue weighted by molar-refractivity contribution is 5.87. The monoisotopic (exact) mass is 442 g/mol. The van der Waals surface area contributed by atoms with Crippen molar-refractivity contribution >= 4 is 21.9 Å². The molecule has 0 unspecified atom stereocenters. The first-order chi connectivity index (χ1) is 16.7. The summed E-state index contributed by atoms with van der Waals surface area (Å²) in [6, 6.07) is 31.5. The fourth-order valence-electron chi connectivity index (χ4n) is 4.23. The molecule has 0 saturated heterocycles. The number of benzene rings is 4. The fraction of sp³-hybridized carbons (Fsp3) is 0. The predicted octanol–water partition coefficient (Wildman–Crippen LogP) is 6.90. The molecule has 4 aromatic carbocycles. The summed E-state index contributed by atoms with van der Waals surface area (Å²) in [5.74, 6) is 0.497. The molecule has 0 N–H and O–H groups in total. The zero-order valence-electron chi connectivity index (χ0n) is 18.0. The van der Waals surface area contributed by atoms with E-state index in [0.29, 0.717) is 33.3 Å². The molecule has 0 spiro atoms. The van der Waals surface area contributed by atoms with Crippen LogP contribution in [-0.4, -0.2) is 0 Å². The highest BCUT2D eigenvalue weighted by Gasteiger charge is 2.12. The molecule has 0 fully saturated rings. The summed E-state index contributed by atoms with van der Waals surface area (Å²) in [6.07, 6.45) is 1.52. The quantitative estimate of drug-likeness (QED) is 0.299. The third-order valence-corrected chi connectivity index (χ3v) is 5.97. The Kier molecular flexibility index (Phi) is 4.70. The van der Waals surface area contributed by atoms with E-state index in [9.17, 15) is 9.59 Å². The summed E-state index contributed by atoms with van der Waals surface area (Å²) >= 11 is 0. The molecule has 4 heteroatoms. The lowest BCUT2D eigenvalue weighted by Gasteiger charge is -2.08. The lowest BCUT2D eigenvalue weighted by molar-refractivity contribution is 0.604. The Bertz CT molecular complexity index is 1790. The second-order valence-corrected chi connectivity index (χ2v) is 8.11. The molecule has 6 aromatic rings. The average Bonchev–Trinajstić information content (AvgIpc) is 2.89. The molecule has 6 rings (SSSR count). The van der Waals surface area contributed by atoms with Crippen LogP contribution in [0.4, 0.5) is 0 Å². The Balaban J connectivity index is 1.47. The van der Waals surface area contributed by atoms with Gasteiger partial charge >= 0.3 is 0 Å². The van der Waals surface area contributed by atoms with E-state index in [1.54, 1.807) is 12.1 Å². The van der Waals surface area contributed by atoms with Gasteiger partial charge in [0.2, 0.25) is 5.43 Å². The summed E-state index contributed by atoms with van der Waals surface area (Å²) in [5, 5.41) is 1.07. The SMILES string of the molecule is O=c1cc(-c2cccc(-c3ccc4occ(-c5ccccc5)c(=O)c4c3)c2)oc2ccccc12. The van der Waals surface area contributed by atoms with E-state index in [2.05, 4.69) is 0 Å². The minimum absolute atomic E-state index is 0.0778. The number of hydrogen-bond acceptors (Lipinski definition) is 4. The standard InChI is InChI=1S/C30H18O4/c31-26-17-29(34-28-12-5-4-11-23(26)28)22-10-6-9-20(15-22)21-13-14-27-24(16-21)30(32)25(18-33-27)19-7-2-1-3-8-19/h1-18H. The molecule has 0 aliphatic carbocycles. The summed E-state index contributed by atoms with van der Waals surface area (Å²) in [7, 11) is 0. The first-order valence-corrected chi connectivity index (χ1v) is 10.9. The van der Waals surface area contributed by atoms with E-state index in [-0.39, 0.29) is 10.9 Å². The predicted molar refractivity (Wildman–Crippen MR) is 135 cm³/mol. The third kappa shape index (κ3) is 3.42. The smallest absolute Gasteiger partial charge is 0.200 e. The van der Waals surface area contributed by atoms with Crippen LogP contribution in [0.25, 0.3) is 55.5 Å². The number of hydrogen-bond donors (Lipinski definition) is 0. The minimum atomic E-state index is -0.0843. The van der Waals surface area contributed by atoms with Crippen LogP contribution in [0.2, 0.25) is 0 Å². The largest absolute Gasteiger partial charge is 0.463 e. The van der Waals surface area contributed by atoms with Gasteiger partial charge in [0.25, 0.3) is 0 Å². The molecule has 2 heterocycles. The van der Waals surface area contributed by atoms with Crippen molar-refractivity contribution in [2.45, 2.75) is 0 Å². The lowest BCUT2D eigenvalue weighted by Crippen LogP contribution is -2.04. The van der Waals surface area contributed by atoms with Crippen LogP contribution < -0.4 is 10.9 Å². The van der Waals surface area contributed by atoms with Crippen molar-refractivity contribution in [3.63, 3.8) is 0 Å². The van der Waals surface area contributed by atoms with Crippen LogP contribution in [0.15, 0.2) is 128 Å². The van der Waals surface area contributed by atoms with Gasteiger partial charge in [-0.05, 0) is 47.0 Å². The van der Waals surface area contributed by atoms with E-state index in [0.717, 1.165) is 22.3 Å². The number of para-hydroxylation sites is 1. The van der Waals surface area contributed by atoms with Gasteiger partial charge in [-0.15, -0.1) is 0 Å². The topological polar surface area (TPSA) is 60.4 Å². The molecule has 0 bridgehead atoms. The minimum Gasteiger partial charge on any atom is -0.463 e. The highest BCUT2D eigenvalue weighted by atomic mass is 16.3. The maximum Gasteiger partial charge on any atom is 0.200 e. The Hall–Kier alpha value is -4.70. The summed E-state index contributed by atoms with van der Waals surface area (Å²) in [5.41, 5.74) is 4.82. The van der Waals surface area contributed by atoms with Crippen molar-refractivity contribution in [1.82, 2.24) is 0 Å².